The van der Waals surface area contributed by atoms with Crippen LogP contribution in [0.3, 0.4) is 0 Å². The highest BCUT2D eigenvalue weighted by molar-refractivity contribution is 6.35. The third-order valence-corrected chi connectivity index (χ3v) is 3.21. The Balaban J connectivity index is 2.42. The molecule has 2 aromatic rings. The fraction of sp³-hybridized carbons (Fsp3) is 0.231. The number of hydrogen-bond acceptors (Lipinski definition) is 2. The summed E-state index contributed by atoms with van der Waals surface area (Å²) < 4.78 is 5.32. The van der Waals surface area contributed by atoms with E-state index in [4.69, 9.17) is 27.6 Å². The van der Waals surface area contributed by atoms with Gasteiger partial charge in [0, 0.05) is 15.6 Å². The number of rotatable bonds is 3. The molecule has 0 radical (unpaired) electrons. The van der Waals surface area contributed by atoms with Crippen LogP contribution in [0, 0.1) is 6.92 Å². The molecular formula is C13H13Cl2NO. The molecule has 0 aliphatic carbocycles. The van der Waals surface area contributed by atoms with Crippen LogP contribution in [-0.2, 0) is 0 Å². The fourth-order valence-electron chi connectivity index (χ4n) is 1.85. The zero-order chi connectivity index (χ0) is 12.4. The number of benzene rings is 1. The van der Waals surface area contributed by atoms with Crippen molar-refractivity contribution < 1.29 is 4.42 Å². The summed E-state index contributed by atoms with van der Waals surface area (Å²) in [5, 5.41) is 4.51. The summed E-state index contributed by atoms with van der Waals surface area (Å²) in [5.74, 6) is 0.880. The van der Waals surface area contributed by atoms with Crippen LogP contribution in [0.15, 0.2) is 34.9 Å². The molecule has 1 atom stereocenters. The molecule has 0 fully saturated rings. The molecule has 1 aromatic heterocycles. The zero-order valence-electron chi connectivity index (χ0n) is 9.63. The maximum absolute atomic E-state index is 6.20. The van der Waals surface area contributed by atoms with Gasteiger partial charge in [-0.3, -0.25) is 0 Å². The molecule has 0 aliphatic rings. The maximum atomic E-state index is 6.20. The SMILES string of the molecule is CNC(c1coc(C)c1)c1ccc(Cl)cc1Cl. The van der Waals surface area contributed by atoms with E-state index < -0.39 is 0 Å². The smallest absolute Gasteiger partial charge is 0.101 e. The fourth-order valence-corrected chi connectivity index (χ4v) is 2.37. The summed E-state index contributed by atoms with van der Waals surface area (Å²) in [6.07, 6.45) is 1.74. The van der Waals surface area contributed by atoms with Crippen LogP contribution in [0.4, 0.5) is 0 Å². The number of aryl methyl sites for hydroxylation is 1. The first-order valence-corrected chi connectivity index (χ1v) is 6.04. The van der Waals surface area contributed by atoms with E-state index in [1.165, 1.54) is 0 Å². The van der Waals surface area contributed by atoms with Gasteiger partial charge in [-0.25, -0.2) is 0 Å². The van der Waals surface area contributed by atoms with E-state index in [0.717, 1.165) is 16.9 Å². The first-order valence-electron chi connectivity index (χ1n) is 5.29. The second kappa shape index (κ2) is 5.13. The largest absolute Gasteiger partial charge is 0.469 e. The molecule has 17 heavy (non-hydrogen) atoms. The average Bonchev–Trinajstić information content (AvgIpc) is 2.69. The van der Waals surface area contributed by atoms with Gasteiger partial charge in [0.2, 0.25) is 0 Å². The van der Waals surface area contributed by atoms with Crippen LogP contribution in [0.5, 0.6) is 0 Å². The highest BCUT2D eigenvalue weighted by atomic mass is 35.5. The van der Waals surface area contributed by atoms with E-state index in [-0.39, 0.29) is 6.04 Å². The Morgan fingerprint density at radius 3 is 2.53 bits per heavy atom. The Labute approximate surface area is 111 Å². The molecule has 2 rings (SSSR count). The lowest BCUT2D eigenvalue weighted by molar-refractivity contribution is 0.528. The maximum Gasteiger partial charge on any atom is 0.101 e. The minimum absolute atomic E-state index is 0.0113. The van der Waals surface area contributed by atoms with Crippen LogP contribution in [0.1, 0.15) is 22.9 Å². The zero-order valence-corrected chi connectivity index (χ0v) is 11.1. The number of hydrogen-bond donors (Lipinski definition) is 1. The molecule has 1 aromatic carbocycles. The van der Waals surface area contributed by atoms with E-state index in [9.17, 15) is 0 Å². The van der Waals surface area contributed by atoms with Gasteiger partial charge in [-0.05, 0) is 37.7 Å². The monoisotopic (exact) mass is 269 g/mol. The second-order valence-electron chi connectivity index (χ2n) is 3.88. The van der Waals surface area contributed by atoms with Crippen LogP contribution in [0.25, 0.3) is 0 Å². The number of furan rings is 1. The third-order valence-electron chi connectivity index (χ3n) is 2.65. The van der Waals surface area contributed by atoms with Gasteiger partial charge in [0.05, 0.1) is 12.3 Å². The summed E-state index contributed by atoms with van der Waals surface area (Å²) in [5.41, 5.74) is 2.04. The molecule has 0 spiro atoms. The Kier molecular flexibility index (Phi) is 3.77. The molecule has 90 valence electrons. The highest BCUT2D eigenvalue weighted by Crippen LogP contribution is 2.30. The predicted octanol–water partition coefficient (Wildman–Crippen LogP) is 4.20. The van der Waals surface area contributed by atoms with Crippen molar-refractivity contribution in [3.63, 3.8) is 0 Å². The van der Waals surface area contributed by atoms with Gasteiger partial charge in [0.15, 0.2) is 0 Å². The molecule has 1 heterocycles. The Hall–Kier alpha value is -0.960. The highest BCUT2D eigenvalue weighted by Gasteiger charge is 2.17. The summed E-state index contributed by atoms with van der Waals surface area (Å²) in [7, 11) is 1.89. The van der Waals surface area contributed by atoms with Gasteiger partial charge in [-0.15, -0.1) is 0 Å². The van der Waals surface area contributed by atoms with Gasteiger partial charge in [0.1, 0.15) is 5.76 Å². The predicted molar refractivity (Wildman–Crippen MR) is 70.8 cm³/mol. The topological polar surface area (TPSA) is 25.2 Å². The minimum Gasteiger partial charge on any atom is -0.469 e. The molecule has 0 saturated heterocycles. The van der Waals surface area contributed by atoms with Gasteiger partial charge in [-0.1, -0.05) is 29.3 Å². The van der Waals surface area contributed by atoms with E-state index >= 15 is 0 Å². The second-order valence-corrected chi connectivity index (χ2v) is 4.72. The quantitative estimate of drug-likeness (QED) is 0.904. The normalized spacial score (nSPS) is 12.7. The molecule has 1 N–H and O–H groups in total. The summed E-state index contributed by atoms with van der Waals surface area (Å²) >= 11 is 12.1. The van der Waals surface area contributed by atoms with Crippen molar-refractivity contribution in [2.24, 2.45) is 0 Å². The van der Waals surface area contributed by atoms with Crippen molar-refractivity contribution >= 4 is 23.2 Å². The molecule has 0 amide bonds. The molecule has 2 nitrogen and oxygen atoms in total. The minimum atomic E-state index is 0.0113. The third kappa shape index (κ3) is 2.65. The molecule has 0 saturated carbocycles. The van der Waals surface area contributed by atoms with Crippen molar-refractivity contribution in [2.75, 3.05) is 7.05 Å². The van der Waals surface area contributed by atoms with Crippen molar-refractivity contribution in [1.82, 2.24) is 5.32 Å². The summed E-state index contributed by atoms with van der Waals surface area (Å²) in [4.78, 5) is 0. The lowest BCUT2D eigenvalue weighted by Crippen LogP contribution is -2.17. The standard InChI is InChI=1S/C13H13Cl2NO/c1-8-5-9(7-17-8)13(16-2)11-4-3-10(14)6-12(11)15/h3-7,13,16H,1-2H3. The lowest BCUT2D eigenvalue weighted by Gasteiger charge is -2.16. The van der Waals surface area contributed by atoms with Crippen LogP contribution >= 0.6 is 23.2 Å². The Bertz CT molecular complexity index is 522. The van der Waals surface area contributed by atoms with Crippen molar-refractivity contribution in [1.29, 1.82) is 0 Å². The Morgan fingerprint density at radius 1 is 1.24 bits per heavy atom. The van der Waals surface area contributed by atoms with Crippen LogP contribution in [0.2, 0.25) is 10.0 Å². The summed E-state index contributed by atoms with van der Waals surface area (Å²) in [6.45, 7) is 1.92. The van der Waals surface area contributed by atoms with Crippen molar-refractivity contribution in [3.05, 3.63) is 57.5 Å². The first-order chi connectivity index (χ1) is 8.11. The van der Waals surface area contributed by atoms with E-state index in [2.05, 4.69) is 5.32 Å². The molecular weight excluding hydrogens is 257 g/mol. The van der Waals surface area contributed by atoms with Gasteiger partial charge in [-0.2, -0.15) is 0 Å². The van der Waals surface area contributed by atoms with Crippen molar-refractivity contribution in [3.8, 4) is 0 Å². The van der Waals surface area contributed by atoms with Crippen molar-refractivity contribution in [2.45, 2.75) is 13.0 Å². The first kappa shape index (κ1) is 12.5. The van der Waals surface area contributed by atoms with Gasteiger partial charge < -0.3 is 9.73 Å². The number of nitrogens with one attached hydrogen (secondary N) is 1. The van der Waals surface area contributed by atoms with E-state index in [0.29, 0.717) is 10.0 Å². The summed E-state index contributed by atoms with van der Waals surface area (Å²) in [6, 6.07) is 7.51. The van der Waals surface area contributed by atoms with Crippen LogP contribution in [-0.4, -0.2) is 7.05 Å². The van der Waals surface area contributed by atoms with Gasteiger partial charge >= 0.3 is 0 Å². The molecule has 0 bridgehead atoms. The van der Waals surface area contributed by atoms with Gasteiger partial charge in [0.25, 0.3) is 0 Å². The number of halogens is 2. The van der Waals surface area contributed by atoms with Crippen LogP contribution < -0.4 is 5.32 Å². The Morgan fingerprint density at radius 2 is 2.00 bits per heavy atom. The molecule has 0 aliphatic heterocycles. The lowest BCUT2D eigenvalue weighted by atomic mass is 10.0. The van der Waals surface area contributed by atoms with E-state index in [1.807, 2.05) is 32.2 Å². The average molecular weight is 270 g/mol. The molecule has 4 heteroatoms. The molecule has 1 unspecified atom stereocenters. The van der Waals surface area contributed by atoms with E-state index in [1.54, 1.807) is 12.3 Å².